The highest BCUT2D eigenvalue weighted by atomic mass is 79.9. The number of rotatable bonds is 5. The highest BCUT2D eigenvalue weighted by Crippen LogP contribution is 2.26. The molecule has 0 unspecified atom stereocenters. The molecule has 3 rings (SSSR count). The van der Waals surface area contributed by atoms with Gasteiger partial charge >= 0.3 is 0 Å². The summed E-state index contributed by atoms with van der Waals surface area (Å²) in [6.45, 7) is 4.49. The molecule has 146 valence electrons. The molecule has 2 aliphatic rings. The number of carbonyl (C=O) groups excluding carboxylic acids is 1. The van der Waals surface area contributed by atoms with Crippen LogP contribution in [-0.4, -0.2) is 54.6 Å². The van der Waals surface area contributed by atoms with Crippen LogP contribution < -0.4 is 10.6 Å². The van der Waals surface area contributed by atoms with Crippen LogP contribution in [0.1, 0.15) is 19.0 Å². The van der Waals surface area contributed by atoms with Crippen molar-refractivity contribution >= 4 is 33.4 Å². The standard InChI is InChI=1S/C19H21BrN6O2/c1-13-11-24-19(23-6-3-7-26-8-9-28-12-16(26)27)25-17(13)14(10-21)18-15(20)4-2-5-22-18/h2,4-5,11H,3,6-9,12H2,1H3,(H2,23,24,25)/b17-14+. The van der Waals surface area contributed by atoms with Crippen molar-refractivity contribution in [3.63, 3.8) is 0 Å². The van der Waals surface area contributed by atoms with Crippen molar-refractivity contribution in [1.29, 1.82) is 5.26 Å². The number of nitrogens with zero attached hydrogens (tertiary/aromatic N) is 4. The highest BCUT2D eigenvalue weighted by molar-refractivity contribution is 9.10. The number of ether oxygens (including phenoxy) is 1. The molecular weight excluding hydrogens is 424 g/mol. The minimum Gasteiger partial charge on any atom is -0.370 e. The molecular formula is C19H21BrN6O2. The summed E-state index contributed by atoms with van der Waals surface area (Å²) >= 11 is 3.45. The number of hydrogen-bond donors (Lipinski definition) is 2. The summed E-state index contributed by atoms with van der Waals surface area (Å²) in [5, 5.41) is 16.0. The van der Waals surface area contributed by atoms with E-state index in [2.05, 4.69) is 42.6 Å². The van der Waals surface area contributed by atoms with Gasteiger partial charge in [0.2, 0.25) is 5.91 Å². The average molecular weight is 445 g/mol. The number of aliphatic imine (C=N–C) groups is 1. The Balaban J connectivity index is 1.69. The fraction of sp³-hybridized carbons (Fsp3) is 0.368. The van der Waals surface area contributed by atoms with Gasteiger partial charge < -0.3 is 20.3 Å². The molecule has 0 aliphatic carbocycles. The molecule has 0 bridgehead atoms. The Bertz CT molecular complexity index is 887. The van der Waals surface area contributed by atoms with Crippen molar-refractivity contribution in [2.24, 2.45) is 4.99 Å². The maximum Gasteiger partial charge on any atom is 0.248 e. The highest BCUT2D eigenvalue weighted by Gasteiger charge is 2.20. The molecule has 1 saturated heterocycles. The topological polar surface area (TPSA) is 103 Å². The zero-order valence-corrected chi connectivity index (χ0v) is 17.1. The molecule has 1 fully saturated rings. The first kappa shape index (κ1) is 20.0. The molecule has 2 aliphatic heterocycles. The Kier molecular flexibility index (Phi) is 6.79. The summed E-state index contributed by atoms with van der Waals surface area (Å²) in [6.07, 6.45) is 4.21. The predicted octanol–water partition coefficient (Wildman–Crippen LogP) is 1.78. The second kappa shape index (κ2) is 9.48. The van der Waals surface area contributed by atoms with E-state index in [1.165, 1.54) is 0 Å². The lowest BCUT2D eigenvalue weighted by Crippen LogP contribution is -2.42. The van der Waals surface area contributed by atoms with Crippen LogP contribution in [0, 0.1) is 11.3 Å². The molecule has 2 N–H and O–H groups in total. The number of nitrogens with one attached hydrogen (secondary N) is 2. The maximum absolute atomic E-state index is 11.7. The number of hydrogen-bond acceptors (Lipinski definition) is 5. The summed E-state index contributed by atoms with van der Waals surface area (Å²) in [5.74, 6) is 0.588. The van der Waals surface area contributed by atoms with Crippen molar-refractivity contribution in [3.05, 3.63) is 46.0 Å². The van der Waals surface area contributed by atoms with Gasteiger partial charge in [-0.15, -0.1) is 0 Å². The van der Waals surface area contributed by atoms with E-state index in [0.29, 0.717) is 49.2 Å². The Hall–Kier alpha value is -2.70. The monoisotopic (exact) mass is 444 g/mol. The first-order valence-corrected chi connectivity index (χ1v) is 9.75. The van der Waals surface area contributed by atoms with E-state index in [1.54, 1.807) is 17.2 Å². The number of carbonyl (C=O) groups is 1. The Morgan fingerprint density at radius 2 is 2.39 bits per heavy atom. The molecule has 0 atom stereocenters. The lowest BCUT2D eigenvalue weighted by atomic mass is 10.1. The first-order valence-electron chi connectivity index (χ1n) is 8.96. The predicted molar refractivity (Wildman–Crippen MR) is 109 cm³/mol. The van der Waals surface area contributed by atoms with Crippen LogP contribution in [0.2, 0.25) is 0 Å². The lowest BCUT2D eigenvalue weighted by Gasteiger charge is -2.26. The summed E-state index contributed by atoms with van der Waals surface area (Å²) in [6, 6.07) is 5.89. The zero-order chi connectivity index (χ0) is 19.9. The van der Waals surface area contributed by atoms with Crippen molar-refractivity contribution < 1.29 is 9.53 Å². The van der Waals surface area contributed by atoms with Crippen LogP contribution in [0.3, 0.4) is 0 Å². The van der Waals surface area contributed by atoms with E-state index in [-0.39, 0.29) is 12.5 Å². The molecule has 0 aromatic carbocycles. The first-order chi connectivity index (χ1) is 13.6. The van der Waals surface area contributed by atoms with Crippen LogP contribution in [-0.2, 0) is 9.53 Å². The Morgan fingerprint density at radius 3 is 3.14 bits per heavy atom. The van der Waals surface area contributed by atoms with E-state index < -0.39 is 0 Å². The summed E-state index contributed by atoms with van der Waals surface area (Å²) in [7, 11) is 0. The minimum absolute atomic E-state index is 0.0243. The van der Waals surface area contributed by atoms with Gasteiger partial charge in [-0.05, 0) is 47.0 Å². The number of guanidine groups is 1. The van der Waals surface area contributed by atoms with E-state index in [1.807, 2.05) is 19.2 Å². The summed E-state index contributed by atoms with van der Waals surface area (Å²) in [5.41, 5.74) is 2.57. The second-order valence-corrected chi connectivity index (χ2v) is 7.16. The summed E-state index contributed by atoms with van der Waals surface area (Å²) in [4.78, 5) is 22.4. The van der Waals surface area contributed by atoms with Gasteiger partial charge in [0, 0.05) is 36.5 Å². The Morgan fingerprint density at radius 1 is 1.54 bits per heavy atom. The fourth-order valence-electron chi connectivity index (χ4n) is 2.88. The number of allylic oxidation sites excluding steroid dienone is 2. The SMILES string of the molecule is CC1=CNC(=NCCCN2CCOCC2=O)N/C1=C(\C#N)c1ncccc1Br. The number of halogens is 1. The average Bonchev–Trinajstić information content (AvgIpc) is 2.70. The molecule has 28 heavy (non-hydrogen) atoms. The molecule has 3 heterocycles. The third kappa shape index (κ3) is 4.77. The van der Waals surface area contributed by atoms with Gasteiger partial charge in [-0.1, -0.05) is 0 Å². The van der Waals surface area contributed by atoms with Crippen molar-refractivity contribution in [2.75, 3.05) is 32.8 Å². The summed E-state index contributed by atoms with van der Waals surface area (Å²) < 4.78 is 5.88. The van der Waals surface area contributed by atoms with Crippen LogP contribution >= 0.6 is 15.9 Å². The van der Waals surface area contributed by atoms with Gasteiger partial charge in [-0.25, -0.2) is 0 Å². The van der Waals surface area contributed by atoms with E-state index >= 15 is 0 Å². The van der Waals surface area contributed by atoms with Crippen LogP contribution in [0.15, 0.2) is 45.3 Å². The van der Waals surface area contributed by atoms with Gasteiger partial charge in [0.25, 0.3) is 0 Å². The molecule has 8 nitrogen and oxygen atoms in total. The molecule has 1 amide bonds. The van der Waals surface area contributed by atoms with Gasteiger partial charge in [-0.3, -0.25) is 14.8 Å². The Labute approximate surface area is 172 Å². The second-order valence-electron chi connectivity index (χ2n) is 6.31. The number of amides is 1. The van der Waals surface area contributed by atoms with Crippen LogP contribution in [0.4, 0.5) is 0 Å². The third-order valence-corrected chi connectivity index (χ3v) is 5.00. The van der Waals surface area contributed by atoms with Crippen molar-refractivity contribution in [2.45, 2.75) is 13.3 Å². The number of pyridine rings is 1. The smallest absolute Gasteiger partial charge is 0.248 e. The minimum atomic E-state index is 0.0243. The quantitative estimate of drug-likeness (QED) is 0.529. The zero-order valence-electron chi connectivity index (χ0n) is 15.5. The molecule has 1 aromatic rings. The fourth-order valence-corrected chi connectivity index (χ4v) is 3.34. The molecule has 9 heteroatoms. The van der Waals surface area contributed by atoms with Gasteiger partial charge in [0.15, 0.2) is 5.96 Å². The van der Waals surface area contributed by atoms with Crippen LogP contribution in [0.5, 0.6) is 0 Å². The normalized spacial score (nSPS) is 20.2. The van der Waals surface area contributed by atoms with Crippen molar-refractivity contribution in [3.8, 4) is 6.07 Å². The number of aromatic nitrogens is 1. The maximum atomic E-state index is 11.7. The van der Waals surface area contributed by atoms with E-state index in [9.17, 15) is 10.1 Å². The molecule has 0 saturated carbocycles. The number of nitriles is 1. The van der Waals surface area contributed by atoms with E-state index in [4.69, 9.17) is 4.74 Å². The van der Waals surface area contributed by atoms with E-state index in [0.717, 1.165) is 16.5 Å². The molecule has 0 spiro atoms. The van der Waals surface area contributed by atoms with Gasteiger partial charge in [0.1, 0.15) is 18.2 Å². The van der Waals surface area contributed by atoms with Gasteiger partial charge in [0.05, 0.1) is 18.0 Å². The lowest BCUT2D eigenvalue weighted by molar-refractivity contribution is -0.142. The third-order valence-electron chi connectivity index (χ3n) is 4.36. The molecule has 0 radical (unpaired) electrons. The van der Waals surface area contributed by atoms with Gasteiger partial charge in [-0.2, -0.15) is 5.26 Å². The van der Waals surface area contributed by atoms with Crippen molar-refractivity contribution in [1.82, 2.24) is 20.5 Å². The molecule has 1 aromatic heterocycles. The largest absolute Gasteiger partial charge is 0.370 e. The van der Waals surface area contributed by atoms with Crippen LogP contribution in [0.25, 0.3) is 5.57 Å². The number of morpholine rings is 1.